The maximum Gasteiger partial charge on any atom is 0.158 e. The summed E-state index contributed by atoms with van der Waals surface area (Å²) in [5.74, 6) is 0.628. The predicted octanol–water partition coefficient (Wildman–Crippen LogP) is 6.51. The Hall–Kier alpha value is -1.01. The van der Waals surface area contributed by atoms with Crippen molar-refractivity contribution in [3.8, 4) is 22.6 Å². The van der Waals surface area contributed by atoms with Gasteiger partial charge in [-0.25, -0.2) is 4.98 Å². The molecule has 4 rings (SSSR count). The number of aromatic amines is 1. The van der Waals surface area contributed by atoms with E-state index >= 15 is 0 Å². The van der Waals surface area contributed by atoms with Gasteiger partial charge in [0.05, 0.1) is 21.3 Å². The van der Waals surface area contributed by atoms with Gasteiger partial charge in [-0.15, -0.1) is 0 Å². The smallest absolute Gasteiger partial charge is 0.158 e. The first kappa shape index (κ1) is 22.7. The first-order valence-corrected chi connectivity index (χ1v) is 9.97. The quantitative estimate of drug-likeness (QED) is 0.350. The SMILES string of the molecule is Cn1nc(C(C)(C)C)c(Cl)c1-c1nc2c(Cl)cc(-c3ccccc3Cl)cc2[nH]1.[Na]. The van der Waals surface area contributed by atoms with Crippen molar-refractivity contribution < 1.29 is 0 Å². The summed E-state index contributed by atoms with van der Waals surface area (Å²) >= 11 is 19.6. The number of halogens is 3. The largest absolute Gasteiger partial charge is 0.337 e. The molecule has 0 amide bonds. The molecule has 0 spiro atoms. The number of hydrogen-bond donors (Lipinski definition) is 1. The summed E-state index contributed by atoms with van der Waals surface area (Å²) in [6.45, 7) is 6.24. The van der Waals surface area contributed by atoms with Crippen molar-refractivity contribution in [2.45, 2.75) is 26.2 Å². The Morgan fingerprint density at radius 3 is 2.31 bits per heavy atom. The average molecular weight is 457 g/mol. The van der Waals surface area contributed by atoms with Crippen molar-refractivity contribution in [2.24, 2.45) is 7.05 Å². The van der Waals surface area contributed by atoms with E-state index in [1.165, 1.54) is 0 Å². The molecule has 0 aliphatic heterocycles. The van der Waals surface area contributed by atoms with Crippen LogP contribution in [0.25, 0.3) is 33.7 Å². The molecule has 29 heavy (non-hydrogen) atoms. The third-order valence-corrected chi connectivity index (χ3v) is 5.62. The van der Waals surface area contributed by atoms with E-state index in [1.54, 1.807) is 4.68 Å². The van der Waals surface area contributed by atoms with Gasteiger partial charge in [0.1, 0.15) is 11.2 Å². The molecular formula is C21H19Cl3N4Na. The summed E-state index contributed by atoms with van der Waals surface area (Å²) in [6.07, 6.45) is 0. The molecule has 1 N–H and O–H groups in total. The molecule has 0 saturated heterocycles. The number of fused-ring (bicyclic) bond motifs is 1. The molecular weight excluding hydrogens is 438 g/mol. The van der Waals surface area contributed by atoms with Crippen LogP contribution in [-0.4, -0.2) is 49.3 Å². The second kappa shape index (κ2) is 8.26. The summed E-state index contributed by atoms with van der Waals surface area (Å²) in [5, 5.41) is 6.41. The van der Waals surface area contributed by atoms with E-state index in [4.69, 9.17) is 39.8 Å². The fourth-order valence-electron chi connectivity index (χ4n) is 3.27. The van der Waals surface area contributed by atoms with Crippen molar-refractivity contribution in [2.75, 3.05) is 0 Å². The number of imidazole rings is 1. The predicted molar refractivity (Wildman–Crippen MR) is 123 cm³/mol. The van der Waals surface area contributed by atoms with Gasteiger partial charge < -0.3 is 4.98 Å². The number of H-pyrrole nitrogens is 1. The number of aromatic nitrogens is 4. The van der Waals surface area contributed by atoms with Crippen LogP contribution in [0.2, 0.25) is 15.1 Å². The van der Waals surface area contributed by atoms with Gasteiger partial charge in [-0.3, -0.25) is 4.68 Å². The Bertz CT molecular complexity index is 1200. The molecule has 4 nitrogen and oxygen atoms in total. The zero-order valence-electron chi connectivity index (χ0n) is 16.9. The number of hydrogen-bond acceptors (Lipinski definition) is 2. The van der Waals surface area contributed by atoms with Gasteiger partial charge in [-0.2, -0.15) is 5.10 Å². The minimum absolute atomic E-state index is 0. The molecule has 4 aromatic rings. The van der Waals surface area contributed by atoms with E-state index in [1.807, 2.05) is 43.4 Å². The maximum absolute atomic E-state index is 6.67. The van der Waals surface area contributed by atoms with Crippen LogP contribution in [0.15, 0.2) is 36.4 Å². The van der Waals surface area contributed by atoms with Crippen LogP contribution < -0.4 is 0 Å². The van der Waals surface area contributed by atoms with Crippen LogP contribution in [0.4, 0.5) is 0 Å². The second-order valence-corrected chi connectivity index (χ2v) is 9.00. The van der Waals surface area contributed by atoms with Crippen LogP contribution in [0.5, 0.6) is 0 Å². The molecule has 0 unspecified atom stereocenters. The van der Waals surface area contributed by atoms with Crippen LogP contribution in [-0.2, 0) is 12.5 Å². The summed E-state index contributed by atoms with van der Waals surface area (Å²) in [5.41, 5.74) is 4.72. The van der Waals surface area contributed by atoms with Gasteiger partial charge in [0.2, 0.25) is 0 Å². The van der Waals surface area contributed by atoms with E-state index < -0.39 is 0 Å². The van der Waals surface area contributed by atoms with E-state index in [0.29, 0.717) is 26.4 Å². The van der Waals surface area contributed by atoms with Gasteiger partial charge in [0, 0.05) is 52.6 Å². The van der Waals surface area contributed by atoms with E-state index in [2.05, 4.69) is 30.9 Å². The van der Waals surface area contributed by atoms with Crippen LogP contribution in [0.1, 0.15) is 26.5 Å². The first-order valence-electron chi connectivity index (χ1n) is 8.84. The molecule has 1 radical (unpaired) electrons. The van der Waals surface area contributed by atoms with Gasteiger partial charge >= 0.3 is 0 Å². The number of aryl methyl sites for hydroxylation is 1. The molecule has 145 valence electrons. The van der Waals surface area contributed by atoms with Crippen molar-refractivity contribution in [3.05, 3.63) is 57.2 Å². The Morgan fingerprint density at radius 2 is 1.69 bits per heavy atom. The standard InChI is InChI=1S/C21H19Cl3N4.Na/c1-21(2,3)19-16(24)18(28(4)27-19)20-25-15-10-11(9-14(23)17(15)26-20)12-7-5-6-8-13(12)22;/h5-10H,1-4H3,(H,25,26);. The molecule has 8 heteroatoms. The van der Waals surface area contributed by atoms with Gasteiger partial charge in [0.15, 0.2) is 5.82 Å². The molecule has 0 saturated carbocycles. The van der Waals surface area contributed by atoms with Gasteiger partial charge in [-0.1, -0.05) is 73.8 Å². The molecule has 2 aromatic heterocycles. The Balaban J connectivity index is 0.00000240. The van der Waals surface area contributed by atoms with Crippen LogP contribution >= 0.6 is 34.8 Å². The summed E-state index contributed by atoms with van der Waals surface area (Å²) in [7, 11) is 1.86. The fourth-order valence-corrected chi connectivity index (χ4v) is 4.31. The normalized spacial score (nSPS) is 11.7. The van der Waals surface area contributed by atoms with Crippen molar-refractivity contribution in [3.63, 3.8) is 0 Å². The van der Waals surface area contributed by atoms with Gasteiger partial charge in [-0.05, 0) is 23.8 Å². The molecule has 0 bridgehead atoms. The molecule has 2 aromatic carbocycles. The van der Waals surface area contributed by atoms with Crippen LogP contribution in [0.3, 0.4) is 0 Å². The molecule has 0 aliphatic carbocycles. The monoisotopic (exact) mass is 455 g/mol. The first-order chi connectivity index (χ1) is 13.2. The molecule has 0 fully saturated rings. The van der Waals surface area contributed by atoms with E-state index in [-0.39, 0.29) is 35.0 Å². The Kier molecular flexibility index (Phi) is 6.45. The minimum Gasteiger partial charge on any atom is -0.337 e. The number of nitrogens with zero attached hydrogens (tertiary/aromatic N) is 3. The summed E-state index contributed by atoms with van der Waals surface area (Å²) < 4.78 is 1.75. The maximum atomic E-state index is 6.67. The average Bonchev–Trinajstić information content (AvgIpc) is 3.15. The fraction of sp³-hybridized carbons (Fsp3) is 0.238. The molecule has 0 aliphatic rings. The Morgan fingerprint density at radius 1 is 1.00 bits per heavy atom. The Labute approximate surface area is 206 Å². The topological polar surface area (TPSA) is 46.5 Å². The van der Waals surface area contributed by atoms with Crippen molar-refractivity contribution in [1.29, 1.82) is 0 Å². The number of benzene rings is 2. The molecule has 0 atom stereocenters. The van der Waals surface area contributed by atoms with E-state index in [9.17, 15) is 0 Å². The zero-order chi connectivity index (χ0) is 20.2. The summed E-state index contributed by atoms with van der Waals surface area (Å²) in [4.78, 5) is 8.04. The van der Waals surface area contributed by atoms with E-state index in [0.717, 1.165) is 28.0 Å². The molecule has 2 heterocycles. The second-order valence-electron chi connectivity index (χ2n) is 7.80. The number of rotatable bonds is 2. The third-order valence-electron chi connectivity index (χ3n) is 4.65. The minimum atomic E-state index is -0.173. The van der Waals surface area contributed by atoms with Crippen LogP contribution in [0, 0.1) is 0 Å². The van der Waals surface area contributed by atoms with Crippen molar-refractivity contribution >= 4 is 75.4 Å². The summed E-state index contributed by atoms with van der Waals surface area (Å²) in [6, 6.07) is 11.5. The van der Waals surface area contributed by atoms with Crippen molar-refractivity contribution in [1.82, 2.24) is 19.7 Å². The number of nitrogens with one attached hydrogen (secondary N) is 1. The van der Waals surface area contributed by atoms with Gasteiger partial charge in [0.25, 0.3) is 0 Å². The zero-order valence-corrected chi connectivity index (χ0v) is 21.2. The third kappa shape index (κ3) is 4.12.